The van der Waals surface area contributed by atoms with Gasteiger partial charge in [0.15, 0.2) is 0 Å². The molecule has 1 aromatic carbocycles. The fourth-order valence-electron chi connectivity index (χ4n) is 1.89. The zero-order valence-corrected chi connectivity index (χ0v) is 12.2. The Kier molecular flexibility index (Phi) is 4.68. The summed E-state index contributed by atoms with van der Waals surface area (Å²) in [5, 5.41) is 8.47. The molecule has 0 fully saturated rings. The Morgan fingerprint density at radius 3 is 2.90 bits per heavy atom. The first-order chi connectivity index (χ1) is 9.61. The van der Waals surface area contributed by atoms with Crippen LogP contribution >= 0.6 is 11.3 Å². The van der Waals surface area contributed by atoms with Crippen LogP contribution in [0.3, 0.4) is 0 Å². The second-order valence-electron chi connectivity index (χ2n) is 4.28. The number of aromatic nitrogens is 1. The van der Waals surface area contributed by atoms with E-state index in [1.54, 1.807) is 24.5 Å². The van der Waals surface area contributed by atoms with E-state index in [4.69, 9.17) is 0 Å². The van der Waals surface area contributed by atoms with Gasteiger partial charge in [-0.1, -0.05) is 6.07 Å². The molecule has 6 heteroatoms. The second-order valence-corrected chi connectivity index (χ2v) is 5.34. The summed E-state index contributed by atoms with van der Waals surface area (Å²) in [7, 11) is 1.59. The van der Waals surface area contributed by atoms with Crippen LogP contribution < -0.4 is 10.6 Å². The van der Waals surface area contributed by atoms with Gasteiger partial charge in [-0.15, -0.1) is 11.3 Å². The summed E-state index contributed by atoms with van der Waals surface area (Å²) in [5.41, 5.74) is 1.48. The third kappa shape index (κ3) is 3.33. The summed E-state index contributed by atoms with van der Waals surface area (Å²) < 4.78 is 13.5. The lowest BCUT2D eigenvalue weighted by molar-refractivity contribution is 0.0954. The van der Waals surface area contributed by atoms with Crippen LogP contribution in [0.5, 0.6) is 0 Å². The second kappa shape index (κ2) is 6.47. The highest BCUT2D eigenvalue weighted by Gasteiger charge is 2.13. The molecule has 2 aromatic rings. The fraction of sp³-hybridized carbons (Fsp3) is 0.286. The van der Waals surface area contributed by atoms with Crippen molar-refractivity contribution in [3.05, 3.63) is 45.7 Å². The maximum atomic E-state index is 13.5. The van der Waals surface area contributed by atoms with Crippen molar-refractivity contribution in [3.8, 4) is 0 Å². The van der Waals surface area contributed by atoms with Gasteiger partial charge in [0.2, 0.25) is 0 Å². The quantitative estimate of drug-likeness (QED) is 0.891. The van der Waals surface area contributed by atoms with Gasteiger partial charge in [0.1, 0.15) is 5.82 Å². The molecule has 0 radical (unpaired) electrons. The minimum atomic E-state index is -0.435. The lowest BCUT2D eigenvalue weighted by atomic mass is 10.1. The smallest absolute Gasteiger partial charge is 0.253 e. The number of nitrogens with one attached hydrogen (secondary N) is 2. The molecule has 2 N–H and O–H groups in total. The van der Waals surface area contributed by atoms with Crippen LogP contribution in [0.2, 0.25) is 0 Å². The molecule has 0 bridgehead atoms. The third-order valence-corrected chi connectivity index (χ3v) is 3.66. The summed E-state index contributed by atoms with van der Waals surface area (Å²) >= 11 is 1.58. The molecule has 1 amide bonds. The summed E-state index contributed by atoms with van der Waals surface area (Å²) in [5.74, 6) is -0.726. The molecule has 4 nitrogen and oxygen atoms in total. The molecular weight excluding hydrogens is 277 g/mol. The van der Waals surface area contributed by atoms with E-state index in [9.17, 15) is 9.18 Å². The van der Waals surface area contributed by atoms with Gasteiger partial charge >= 0.3 is 0 Å². The van der Waals surface area contributed by atoms with E-state index in [2.05, 4.69) is 15.6 Å². The van der Waals surface area contributed by atoms with Crippen molar-refractivity contribution >= 4 is 22.9 Å². The normalized spacial score (nSPS) is 10.3. The monoisotopic (exact) mass is 293 g/mol. The molecule has 0 aliphatic carbocycles. The average Bonchev–Trinajstić information content (AvgIpc) is 2.84. The highest BCUT2D eigenvalue weighted by atomic mass is 32.1. The van der Waals surface area contributed by atoms with Crippen molar-refractivity contribution in [1.82, 2.24) is 10.3 Å². The summed E-state index contributed by atoms with van der Waals surface area (Å²) in [4.78, 5) is 16.4. The van der Waals surface area contributed by atoms with Gasteiger partial charge in [-0.25, -0.2) is 9.37 Å². The largest absolute Gasteiger partial charge is 0.385 e. The van der Waals surface area contributed by atoms with E-state index in [1.807, 2.05) is 12.3 Å². The summed E-state index contributed by atoms with van der Waals surface area (Å²) in [6.07, 6.45) is 0.667. The maximum Gasteiger partial charge on any atom is 0.253 e. The van der Waals surface area contributed by atoms with Gasteiger partial charge in [0.25, 0.3) is 5.91 Å². The Labute approximate surface area is 121 Å². The number of rotatable bonds is 5. The van der Waals surface area contributed by atoms with E-state index < -0.39 is 5.82 Å². The number of thiazole rings is 1. The number of halogens is 1. The van der Waals surface area contributed by atoms with Crippen LogP contribution in [-0.4, -0.2) is 24.5 Å². The lowest BCUT2D eigenvalue weighted by Gasteiger charge is -2.10. The minimum absolute atomic E-state index is 0.217. The number of carbonyl (C=O) groups excluding carboxylic acids is 1. The molecule has 106 valence electrons. The van der Waals surface area contributed by atoms with Crippen molar-refractivity contribution < 1.29 is 9.18 Å². The first-order valence-corrected chi connectivity index (χ1v) is 7.15. The molecule has 1 aromatic heterocycles. The summed E-state index contributed by atoms with van der Waals surface area (Å²) in [6.45, 7) is 2.42. The predicted octanol–water partition coefficient (Wildman–Crippen LogP) is 2.60. The number of benzene rings is 1. The van der Waals surface area contributed by atoms with Gasteiger partial charge in [-0.05, 0) is 19.1 Å². The zero-order chi connectivity index (χ0) is 14.5. The number of hydrogen-bond donors (Lipinski definition) is 2. The first kappa shape index (κ1) is 14.5. The Hall–Kier alpha value is -1.95. The Morgan fingerprint density at radius 1 is 1.45 bits per heavy atom. The molecule has 0 spiro atoms. The topological polar surface area (TPSA) is 54.0 Å². The molecule has 20 heavy (non-hydrogen) atoms. The van der Waals surface area contributed by atoms with Crippen LogP contribution in [0.4, 0.5) is 10.1 Å². The van der Waals surface area contributed by atoms with Crippen LogP contribution in [0.1, 0.15) is 21.1 Å². The predicted molar refractivity (Wildman–Crippen MR) is 78.8 cm³/mol. The average molecular weight is 293 g/mol. The molecule has 0 aliphatic rings. The molecule has 1 heterocycles. The van der Waals surface area contributed by atoms with E-state index >= 15 is 0 Å². The number of hydrogen-bond acceptors (Lipinski definition) is 4. The van der Waals surface area contributed by atoms with Crippen molar-refractivity contribution in [1.29, 1.82) is 0 Å². The SMILES string of the molecule is CNc1c(F)cccc1C(=O)NCCc1csc(C)n1. The lowest BCUT2D eigenvalue weighted by Crippen LogP contribution is -2.26. The van der Waals surface area contributed by atoms with Gasteiger partial charge in [-0.3, -0.25) is 4.79 Å². The highest BCUT2D eigenvalue weighted by molar-refractivity contribution is 7.09. The van der Waals surface area contributed by atoms with Crippen molar-refractivity contribution in [3.63, 3.8) is 0 Å². The number of aryl methyl sites for hydroxylation is 1. The van der Waals surface area contributed by atoms with Crippen molar-refractivity contribution in [2.75, 3.05) is 18.9 Å². The number of amides is 1. The molecular formula is C14H16FN3OS. The van der Waals surface area contributed by atoms with Crippen molar-refractivity contribution in [2.45, 2.75) is 13.3 Å². The minimum Gasteiger partial charge on any atom is -0.385 e. The maximum absolute atomic E-state index is 13.5. The third-order valence-electron chi connectivity index (χ3n) is 2.84. The molecule has 0 unspecified atom stereocenters. The number of anilines is 1. The fourth-order valence-corrected chi connectivity index (χ4v) is 2.54. The standard InChI is InChI=1S/C14H16FN3OS/c1-9-18-10(8-20-9)6-7-17-14(19)11-4-3-5-12(15)13(11)16-2/h3-5,8,16H,6-7H2,1-2H3,(H,17,19). The highest BCUT2D eigenvalue weighted by Crippen LogP contribution is 2.18. The first-order valence-electron chi connectivity index (χ1n) is 6.27. The Morgan fingerprint density at radius 2 is 2.25 bits per heavy atom. The number of nitrogens with zero attached hydrogens (tertiary/aromatic N) is 1. The van der Waals surface area contributed by atoms with Gasteiger partial charge < -0.3 is 10.6 Å². The zero-order valence-electron chi connectivity index (χ0n) is 11.4. The molecule has 0 saturated heterocycles. The number of carbonyl (C=O) groups is 1. The van der Waals surface area contributed by atoms with Gasteiger partial charge in [0, 0.05) is 25.4 Å². The van der Waals surface area contributed by atoms with E-state index in [0.29, 0.717) is 18.5 Å². The van der Waals surface area contributed by atoms with E-state index in [1.165, 1.54) is 12.1 Å². The Balaban J connectivity index is 1.97. The Bertz CT molecular complexity index is 612. The molecule has 2 rings (SSSR count). The van der Waals surface area contributed by atoms with Crippen LogP contribution in [0.15, 0.2) is 23.6 Å². The number of para-hydroxylation sites is 1. The van der Waals surface area contributed by atoms with E-state index in [0.717, 1.165) is 10.7 Å². The van der Waals surface area contributed by atoms with Gasteiger partial charge in [0.05, 0.1) is 22.0 Å². The van der Waals surface area contributed by atoms with Crippen LogP contribution in [0, 0.1) is 12.7 Å². The molecule has 0 saturated carbocycles. The summed E-state index contributed by atoms with van der Waals surface area (Å²) in [6, 6.07) is 4.44. The van der Waals surface area contributed by atoms with Crippen LogP contribution in [0.25, 0.3) is 0 Å². The van der Waals surface area contributed by atoms with Crippen molar-refractivity contribution in [2.24, 2.45) is 0 Å². The molecule has 0 atom stereocenters. The van der Waals surface area contributed by atoms with Gasteiger partial charge in [-0.2, -0.15) is 0 Å². The van der Waals surface area contributed by atoms with Crippen LogP contribution in [-0.2, 0) is 6.42 Å². The van der Waals surface area contributed by atoms with E-state index in [-0.39, 0.29) is 11.6 Å². The molecule has 0 aliphatic heterocycles.